The average molecular weight is 586 g/mol. The topological polar surface area (TPSA) is 32.8 Å². The van der Waals surface area contributed by atoms with Gasteiger partial charge in [0.05, 0.1) is 7.11 Å². The van der Waals surface area contributed by atoms with Crippen molar-refractivity contribution in [3.63, 3.8) is 0 Å². The van der Waals surface area contributed by atoms with Crippen molar-refractivity contribution in [2.75, 3.05) is 20.2 Å². The van der Waals surface area contributed by atoms with E-state index < -0.39 is 6.04 Å². The van der Waals surface area contributed by atoms with Crippen LogP contribution in [0.5, 0.6) is 0 Å². The first-order valence-corrected chi connectivity index (χ1v) is 15.2. The Morgan fingerprint density at radius 3 is 2.18 bits per heavy atom. The van der Waals surface area contributed by atoms with Crippen LogP contribution in [0.15, 0.2) is 71.4 Å². The Morgan fingerprint density at radius 2 is 1.50 bits per heavy atom. The average Bonchev–Trinajstić information content (AvgIpc) is 3.60. The van der Waals surface area contributed by atoms with Crippen molar-refractivity contribution in [3.05, 3.63) is 113 Å². The summed E-state index contributed by atoms with van der Waals surface area (Å²) in [5.74, 6) is -0.262. The van der Waals surface area contributed by atoms with E-state index in [4.69, 9.17) is 27.9 Å². The molecule has 4 nitrogen and oxygen atoms in total. The van der Waals surface area contributed by atoms with E-state index in [1.807, 2.05) is 47.7 Å². The molecule has 2 aromatic carbocycles. The predicted octanol–water partition coefficient (Wildman–Crippen LogP) is 7.63. The maximum Gasteiger partial charge on any atom is 0.327 e. The minimum absolute atomic E-state index is 0.262. The lowest BCUT2D eigenvalue weighted by molar-refractivity contribution is -0.147. The number of carbonyl (C=O) groups is 1. The SMILES string of the molecule is COC(=O)[C@H](c1ccccc1Cl)N1CCc2sccc2C1.Clc1ccccc1CN1CCc2sccc2C1. The highest BCUT2D eigenvalue weighted by molar-refractivity contribution is 7.10. The Morgan fingerprint density at radius 1 is 0.868 bits per heavy atom. The van der Waals surface area contributed by atoms with Crippen molar-refractivity contribution in [2.24, 2.45) is 0 Å². The van der Waals surface area contributed by atoms with Crippen LogP contribution in [-0.2, 0) is 42.0 Å². The van der Waals surface area contributed by atoms with Gasteiger partial charge in [-0.25, -0.2) is 4.79 Å². The molecule has 0 saturated carbocycles. The van der Waals surface area contributed by atoms with Gasteiger partial charge in [-0.1, -0.05) is 59.6 Å². The van der Waals surface area contributed by atoms with Gasteiger partial charge in [0, 0.05) is 52.5 Å². The van der Waals surface area contributed by atoms with Crippen molar-refractivity contribution in [2.45, 2.75) is 38.5 Å². The fourth-order valence-electron chi connectivity index (χ4n) is 5.08. The van der Waals surface area contributed by atoms with Crippen LogP contribution in [0, 0.1) is 0 Å². The second kappa shape index (κ2) is 12.8. The summed E-state index contributed by atoms with van der Waals surface area (Å²) >= 11 is 16.2. The van der Waals surface area contributed by atoms with Gasteiger partial charge in [-0.2, -0.15) is 0 Å². The molecule has 0 N–H and O–H groups in total. The summed E-state index contributed by atoms with van der Waals surface area (Å²) in [7, 11) is 1.42. The number of nitrogens with zero attached hydrogens (tertiary/aromatic N) is 2. The van der Waals surface area contributed by atoms with Crippen LogP contribution in [0.1, 0.15) is 38.0 Å². The highest BCUT2D eigenvalue weighted by Gasteiger charge is 2.32. The smallest absolute Gasteiger partial charge is 0.327 e. The van der Waals surface area contributed by atoms with Crippen molar-refractivity contribution in [3.8, 4) is 0 Å². The van der Waals surface area contributed by atoms with Gasteiger partial charge >= 0.3 is 5.97 Å². The summed E-state index contributed by atoms with van der Waals surface area (Å²) in [5.41, 5.74) is 4.83. The van der Waals surface area contributed by atoms with E-state index in [1.54, 1.807) is 16.2 Å². The summed E-state index contributed by atoms with van der Waals surface area (Å²) in [6.07, 6.45) is 2.14. The zero-order valence-electron chi connectivity index (χ0n) is 21.2. The fourth-order valence-corrected chi connectivity index (χ4v) is 7.30. The summed E-state index contributed by atoms with van der Waals surface area (Å²) in [6.45, 7) is 4.74. The Hall–Kier alpha value is -2.19. The van der Waals surface area contributed by atoms with Crippen molar-refractivity contribution in [1.29, 1.82) is 0 Å². The summed E-state index contributed by atoms with van der Waals surface area (Å²) in [4.78, 5) is 19.9. The molecule has 0 amide bonds. The quantitative estimate of drug-likeness (QED) is 0.226. The van der Waals surface area contributed by atoms with Crippen molar-refractivity contribution < 1.29 is 9.53 Å². The van der Waals surface area contributed by atoms with Gasteiger partial charge in [0.2, 0.25) is 0 Å². The van der Waals surface area contributed by atoms with Crippen LogP contribution in [0.3, 0.4) is 0 Å². The van der Waals surface area contributed by atoms with Crippen molar-refractivity contribution >= 4 is 51.8 Å². The molecule has 38 heavy (non-hydrogen) atoms. The molecule has 8 heteroatoms. The first-order valence-electron chi connectivity index (χ1n) is 12.7. The molecule has 2 aliphatic heterocycles. The molecule has 0 bridgehead atoms. The molecular weight excluding hydrogens is 555 g/mol. The molecule has 4 heterocycles. The standard InChI is InChI=1S/C16H16ClNO2S.C14H14ClNS/c1-20-16(19)15(12-4-2-3-5-13(12)17)18-8-6-14-11(10-18)7-9-21-14;15-13-4-2-1-3-11(13)9-16-7-5-14-12(10-16)6-8-17-14/h2-5,7,9,15H,6,8,10H2,1H3;1-4,6,8H,5,7,9-10H2/t15-;/m0./s1. The van der Waals surface area contributed by atoms with Crippen LogP contribution in [-0.4, -0.2) is 36.0 Å². The van der Waals surface area contributed by atoms with E-state index in [0.29, 0.717) is 5.02 Å². The van der Waals surface area contributed by atoms with E-state index in [9.17, 15) is 4.79 Å². The largest absolute Gasteiger partial charge is 0.468 e. The van der Waals surface area contributed by atoms with Gasteiger partial charge < -0.3 is 4.74 Å². The Kier molecular flexibility index (Phi) is 9.20. The highest BCUT2D eigenvalue weighted by Crippen LogP contribution is 2.34. The number of benzene rings is 2. The molecule has 0 spiro atoms. The van der Waals surface area contributed by atoms with Gasteiger partial charge in [0.15, 0.2) is 0 Å². The molecule has 4 aromatic rings. The summed E-state index contributed by atoms with van der Waals surface area (Å²) < 4.78 is 5.01. The van der Waals surface area contributed by atoms with Crippen molar-refractivity contribution in [1.82, 2.24) is 9.80 Å². The molecule has 6 rings (SSSR count). The number of fused-ring (bicyclic) bond motifs is 2. The van der Waals surface area contributed by atoms with Gasteiger partial charge in [-0.05, 0) is 70.1 Å². The predicted molar refractivity (Wildman–Crippen MR) is 158 cm³/mol. The van der Waals surface area contributed by atoms with E-state index in [2.05, 4.69) is 44.8 Å². The number of esters is 1. The number of hydrogen-bond acceptors (Lipinski definition) is 6. The minimum atomic E-state index is -0.447. The van der Waals surface area contributed by atoms with Gasteiger partial charge in [-0.15, -0.1) is 22.7 Å². The molecule has 198 valence electrons. The monoisotopic (exact) mass is 584 g/mol. The van der Waals surface area contributed by atoms with Crippen LogP contribution >= 0.6 is 45.9 Å². The lowest BCUT2D eigenvalue weighted by atomic mass is 10.0. The molecule has 0 aliphatic carbocycles. The molecule has 2 aliphatic rings. The normalized spacial score (nSPS) is 16.1. The van der Waals surface area contributed by atoms with Gasteiger partial charge in [0.25, 0.3) is 0 Å². The number of ether oxygens (including phenoxy) is 1. The lowest BCUT2D eigenvalue weighted by Crippen LogP contribution is -2.38. The molecule has 2 aromatic heterocycles. The first kappa shape index (κ1) is 27.4. The van der Waals surface area contributed by atoms with E-state index in [-0.39, 0.29) is 5.97 Å². The molecule has 0 fully saturated rings. The maximum atomic E-state index is 12.3. The fraction of sp³-hybridized carbons (Fsp3) is 0.300. The van der Waals surface area contributed by atoms with E-state index in [0.717, 1.165) is 49.7 Å². The summed E-state index contributed by atoms with van der Waals surface area (Å²) in [6, 6.07) is 19.5. The zero-order valence-corrected chi connectivity index (χ0v) is 24.4. The molecular formula is C30H30Cl2N2O2S2. The number of hydrogen-bond donors (Lipinski definition) is 0. The number of carbonyl (C=O) groups excluding carboxylic acids is 1. The minimum Gasteiger partial charge on any atom is -0.468 e. The van der Waals surface area contributed by atoms with Crippen LogP contribution < -0.4 is 0 Å². The first-order chi connectivity index (χ1) is 18.5. The Labute approximate surface area is 242 Å². The summed E-state index contributed by atoms with van der Waals surface area (Å²) in [5, 5.41) is 5.79. The van der Waals surface area contributed by atoms with Crippen LogP contribution in [0.2, 0.25) is 10.0 Å². The third-order valence-corrected chi connectivity index (χ3v) is 9.82. The lowest BCUT2D eigenvalue weighted by Gasteiger charge is -2.33. The molecule has 0 unspecified atom stereocenters. The third kappa shape index (κ3) is 6.33. The zero-order chi connectivity index (χ0) is 26.5. The maximum absolute atomic E-state index is 12.3. The van der Waals surface area contributed by atoms with Crippen LogP contribution in [0.4, 0.5) is 0 Å². The van der Waals surface area contributed by atoms with Gasteiger partial charge in [-0.3, -0.25) is 9.80 Å². The highest BCUT2D eigenvalue weighted by atomic mass is 35.5. The number of halogens is 2. The third-order valence-electron chi connectivity index (χ3n) is 7.07. The van der Waals surface area contributed by atoms with Crippen LogP contribution in [0.25, 0.3) is 0 Å². The van der Waals surface area contributed by atoms with Gasteiger partial charge in [0.1, 0.15) is 6.04 Å². The second-order valence-corrected chi connectivity index (χ2v) is 12.3. The Bertz CT molecular complexity index is 1390. The number of rotatable bonds is 5. The van der Waals surface area contributed by atoms with E-state index >= 15 is 0 Å². The molecule has 0 saturated heterocycles. The second-order valence-electron chi connectivity index (χ2n) is 9.46. The van der Waals surface area contributed by atoms with E-state index in [1.165, 1.54) is 35.1 Å². The Balaban J connectivity index is 0.000000158. The molecule has 1 atom stereocenters. The number of thiophene rings is 2. The number of methoxy groups -OCH3 is 1. The molecule has 0 radical (unpaired) electrons.